The summed E-state index contributed by atoms with van der Waals surface area (Å²) >= 11 is 0. The molecule has 1 saturated carbocycles. The van der Waals surface area contributed by atoms with Gasteiger partial charge in [-0.2, -0.15) is 0 Å². The van der Waals surface area contributed by atoms with E-state index in [9.17, 15) is 4.79 Å². The summed E-state index contributed by atoms with van der Waals surface area (Å²) in [6.45, 7) is 6.15. The maximum atomic E-state index is 13.4. The average molecular weight is 408 g/mol. The van der Waals surface area contributed by atoms with Gasteiger partial charge in [0.15, 0.2) is 11.5 Å². The van der Waals surface area contributed by atoms with E-state index in [1.165, 1.54) is 31.5 Å². The quantitative estimate of drug-likeness (QED) is 0.766. The Morgan fingerprint density at radius 3 is 2.57 bits per heavy atom. The van der Waals surface area contributed by atoms with Gasteiger partial charge in [0.2, 0.25) is 5.91 Å². The van der Waals surface area contributed by atoms with Crippen LogP contribution < -0.4 is 14.4 Å². The fourth-order valence-corrected chi connectivity index (χ4v) is 4.86. The highest BCUT2D eigenvalue weighted by atomic mass is 16.6. The number of amides is 1. The van der Waals surface area contributed by atoms with Gasteiger partial charge in [0.1, 0.15) is 13.2 Å². The molecule has 0 aromatic heterocycles. The summed E-state index contributed by atoms with van der Waals surface area (Å²) in [5, 5.41) is 0. The van der Waals surface area contributed by atoms with Crippen LogP contribution in [0.5, 0.6) is 11.5 Å². The second-order valence-corrected chi connectivity index (χ2v) is 8.80. The first kappa shape index (κ1) is 19.4. The van der Waals surface area contributed by atoms with Gasteiger partial charge in [-0.25, -0.2) is 0 Å². The van der Waals surface area contributed by atoms with Crippen molar-refractivity contribution in [1.82, 2.24) is 4.90 Å². The lowest BCUT2D eigenvalue weighted by molar-refractivity contribution is -0.886. The number of nitrogens with zero attached hydrogens (tertiary/aromatic N) is 1. The molecule has 2 atom stereocenters. The van der Waals surface area contributed by atoms with Gasteiger partial charge >= 0.3 is 0 Å². The first-order valence-corrected chi connectivity index (χ1v) is 11.3. The molecule has 5 heteroatoms. The lowest BCUT2D eigenvalue weighted by Gasteiger charge is -2.26. The smallest absolute Gasteiger partial charge is 0.226 e. The van der Waals surface area contributed by atoms with Crippen LogP contribution in [0.15, 0.2) is 48.5 Å². The third kappa shape index (κ3) is 4.31. The Kier molecular flexibility index (Phi) is 5.63. The van der Waals surface area contributed by atoms with Crippen molar-refractivity contribution >= 4 is 5.91 Å². The summed E-state index contributed by atoms with van der Waals surface area (Å²) in [7, 11) is 0. The van der Waals surface area contributed by atoms with Crippen molar-refractivity contribution in [3.63, 3.8) is 0 Å². The molecular weight excluding hydrogens is 376 g/mol. The zero-order chi connectivity index (χ0) is 20.3. The van der Waals surface area contributed by atoms with Crippen LogP contribution in [0.2, 0.25) is 0 Å². The molecule has 1 N–H and O–H groups in total. The van der Waals surface area contributed by atoms with Gasteiger partial charge in [-0.15, -0.1) is 0 Å². The Bertz CT molecular complexity index is 879. The standard InChI is InChI=1S/C25H30N2O3/c28-25(22-17-21(22)20-6-2-1-3-7-20)27(13-12-26-10-4-5-11-26)18-19-8-9-23-24(16-19)30-15-14-29-23/h1-3,6-9,16,21-22H,4-5,10-15,17-18H2/p+1/t21-,22+/m0/s1. The highest BCUT2D eigenvalue weighted by molar-refractivity contribution is 5.83. The Morgan fingerprint density at radius 2 is 1.77 bits per heavy atom. The number of benzene rings is 2. The van der Waals surface area contributed by atoms with Crippen molar-refractivity contribution in [3.8, 4) is 11.5 Å². The zero-order valence-corrected chi connectivity index (χ0v) is 17.5. The highest BCUT2D eigenvalue weighted by Gasteiger charge is 2.45. The van der Waals surface area contributed by atoms with Crippen LogP contribution in [-0.2, 0) is 11.3 Å². The van der Waals surface area contributed by atoms with Crippen LogP contribution in [0.25, 0.3) is 0 Å². The number of carbonyl (C=O) groups excluding carboxylic acids is 1. The number of nitrogens with one attached hydrogen (secondary N) is 1. The Hall–Kier alpha value is -2.53. The monoisotopic (exact) mass is 407 g/mol. The summed E-state index contributed by atoms with van der Waals surface area (Å²) in [5.41, 5.74) is 2.40. The van der Waals surface area contributed by atoms with Crippen molar-refractivity contribution in [3.05, 3.63) is 59.7 Å². The minimum atomic E-state index is 0.123. The van der Waals surface area contributed by atoms with Crippen LogP contribution in [-0.4, -0.2) is 50.2 Å². The second-order valence-electron chi connectivity index (χ2n) is 8.80. The molecule has 0 radical (unpaired) electrons. The molecule has 2 fully saturated rings. The third-order valence-corrected chi connectivity index (χ3v) is 6.67. The number of carbonyl (C=O) groups is 1. The second kappa shape index (κ2) is 8.68. The van der Waals surface area contributed by atoms with E-state index in [2.05, 4.69) is 35.2 Å². The number of ether oxygens (including phenoxy) is 2. The van der Waals surface area contributed by atoms with Crippen LogP contribution >= 0.6 is 0 Å². The molecule has 2 aliphatic heterocycles. The van der Waals surface area contributed by atoms with Crippen molar-refractivity contribution in [2.45, 2.75) is 31.7 Å². The molecule has 1 aliphatic carbocycles. The highest BCUT2D eigenvalue weighted by Crippen LogP contribution is 2.48. The van der Waals surface area contributed by atoms with Crippen molar-refractivity contribution < 1.29 is 19.2 Å². The first-order chi connectivity index (χ1) is 14.8. The molecule has 2 aromatic rings. The number of rotatable bonds is 7. The summed E-state index contributed by atoms with van der Waals surface area (Å²) in [6.07, 6.45) is 3.59. The van der Waals surface area contributed by atoms with E-state index in [-0.39, 0.29) is 5.92 Å². The van der Waals surface area contributed by atoms with Crippen LogP contribution in [0.3, 0.4) is 0 Å². The van der Waals surface area contributed by atoms with E-state index in [1.54, 1.807) is 4.90 Å². The van der Waals surface area contributed by atoms with E-state index in [0.717, 1.165) is 36.6 Å². The predicted molar refractivity (Wildman–Crippen MR) is 115 cm³/mol. The molecule has 1 saturated heterocycles. The van der Waals surface area contributed by atoms with Crippen molar-refractivity contribution in [1.29, 1.82) is 0 Å². The SMILES string of the molecule is O=C([C@@H]1C[C@H]1c1ccccc1)N(CC[NH+]1CCCC1)Cc1ccc2c(c1)OCCO2. The first-order valence-electron chi connectivity index (χ1n) is 11.3. The maximum absolute atomic E-state index is 13.4. The Balaban J connectivity index is 1.29. The molecule has 0 unspecified atom stereocenters. The minimum absolute atomic E-state index is 0.123. The fraction of sp³-hybridized carbons (Fsp3) is 0.480. The number of quaternary nitrogens is 1. The molecule has 30 heavy (non-hydrogen) atoms. The number of hydrogen-bond donors (Lipinski definition) is 1. The molecular formula is C25H31N2O3+. The molecule has 0 spiro atoms. The van der Waals surface area contributed by atoms with Gasteiger partial charge in [0.25, 0.3) is 0 Å². The summed E-state index contributed by atoms with van der Waals surface area (Å²) < 4.78 is 11.4. The normalized spacial score (nSPS) is 22.7. The van der Waals surface area contributed by atoms with E-state index in [1.807, 2.05) is 18.2 Å². The molecule has 2 aromatic carbocycles. The predicted octanol–water partition coefficient (Wildman–Crippen LogP) is 2.27. The molecule has 158 valence electrons. The zero-order valence-electron chi connectivity index (χ0n) is 17.5. The third-order valence-electron chi connectivity index (χ3n) is 6.67. The lowest BCUT2D eigenvalue weighted by atomic mass is 10.1. The van der Waals surface area contributed by atoms with Gasteiger partial charge in [-0.3, -0.25) is 4.79 Å². The molecule has 1 amide bonds. The largest absolute Gasteiger partial charge is 0.486 e. The van der Waals surface area contributed by atoms with Crippen LogP contribution in [0.4, 0.5) is 0 Å². The fourth-order valence-electron chi connectivity index (χ4n) is 4.86. The molecule has 3 aliphatic rings. The van der Waals surface area contributed by atoms with Crippen LogP contribution in [0.1, 0.15) is 36.3 Å². The van der Waals surface area contributed by atoms with Crippen molar-refractivity contribution in [2.75, 3.05) is 39.4 Å². The van der Waals surface area contributed by atoms with E-state index < -0.39 is 0 Å². The van der Waals surface area contributed by atoms with Gasteiger partial charge in [-0.05, 0) is 35.6 Å². The number of hydrogen-bond acceptors (Lipinski definition) is 3. The summed E-state index contributed by atoms with van der Waals surface area (Å²) in [4.78, 5) is 17.2. The number of likely N-dealkylation sites (tertiary alicyclic amines) is 1. The number of fused-ring (bicyclic) bond motifs is 1. The van der Waals surface area contributed by atoms with Gasteiger partial charge in [0.05, 0.1) is 26.2 Å². The van der Waals surface area contributed by atoms with Crippen LogP contribution in [0, 0.1) is 5.92 Å². The van der Waals surface area contributed by atoms with Crippen molar-refractivity contribution in [2.24, 2.45) is 5.92 Å². The van der Waals surface area contributed by atoms with E-state index in [0.29, 0.717) is 31.6 Å². The topological polar surface area (TPSA) is 43.2 Å². The molecule has 0 bridgehead atoms. The van der Waals surface area contributed by atoms with E-state index >= 15 is 0 Å². The van der Waals surface area contributed by atoms with Gasteiger partial charge in [-0.1, -0.05) is 36.4 Å². The molecule has 2 heterocycles. The average Bonchev–Trinajstić information content (AvgIpc) is 3.43. The minimum Gasteiger partial charge on any atom is -0.486 e. The summed E-state index contributed by atoms with van der Waals surface area (Å²) in [6, 6.07) is 16.6. The lowest BCUT2D eigenvalue weighted by Crippen LogP contribution is -3.10. The summed E-state index contributed by atoms with van der Waals surface area (Å²) in [5.74, 6) is 2.40. The van der Waals surface area contributed by atoms with Gasteiger partial charge in [0, 0.05) is 25.3 Å². The maximum Gasteiger partial charge on any atom is 0.226 e. The molecule has 5 nitrogen and oxygen atoms in total. The van der Waals surface area contributed by atoms with Gasteiger partial charge < -0.3 is 19.3 Å². The Morgan fingerprint density at radius 1 is 1.00 bits per heavy atom. The van der Waals surface area contributed by atoms with E-state index in [4.69, 9.17) is 9.47 Å². The molecule has 5 rings (SSSR count). The Labute approximate surface area is 178 Å².